The van der Waals surface area contributed by atoms with Crippen molar-refractivity contribution in [2.24, 2.45) is 5.92 Å². The van der Waals surface area contributed by atoms with Crippen LogP contribution in [0.4, 0.5) is 0 Å². The highest BCUT2D eigenvalue weighted by Gasteiger charge is 2.22. The lowest BCUT2D eigenvalue weighted by Gasteiger charge is -2.19. The Balaban J connectivity index is 1.63. The van der Waals surface area contributed by atoms with E-state index in [-0.39, 0.29) is 17.6 Å². The van der Waals surface area contributed by atoms with Gasteiger partial charge in [-0.3, -0.25) is 9.36 Å². The average Bonchev–Trinajstić information content (AvgIpc) is 3.39. The quantitative estimate of drug-likeness (QED) is 0.616. The molecule has 4 rings (SSSR count). The van der Waals surface area contributed by atoms with Crippen LogP contribution in [0, 0.1) is 5.92 Å². The van der Waals surface area contributed by atoms with E-state index < -0.39 is 0 Å². The summed E-state index contributed by atoms with van der Waals surface area (Å²) >= 11 is 0. The van der Waals surface area contributed by atoms with Crippen LogP contribution < -0.4 is 5.69 Å². The number of hydrogen-bond acceptors (Lipinski definition) is 2. The predicted octanol–water partition coefficient (Wildman–Crippen LogP) is 4.90. The van der Waals surface area contributed by atoms with Gasteiger partial charge >= 0.3 is 5.69 Å². The number of hydrogen-bond donors (Lipinski definition) is 0. The van der Waals surface area contributed by atoms with E-state index >= 15 is 0 Å². The van der Waals surface area contributed by atoms with Crippen molar-refractivity contribution in [2.45, 2.75) is 44.6 Å². The summed E-state index contributed by atoms with van der Waals surface area (Å²) in [5.41, 5.74) is 1.77. The molecule has 1 saturated carbocycles. The molecule has 0 aliphatic heterocycles. The Hall–Kier alpha value is -2.88. The molecule has 0 radical (unpaired) electrons. The number of nitrogens with zero attached hydrogens (tertiary/aromatic N) is 2. The third kappa shape index (κ3) is 3.86. The largest absolute Gasteiger partial charge is 0.335 e. The first-order valence-electron chi connectivity index (χ1n) is 10.2. The molecule has 0 N–H and O–H groups in total. The monoisotopic (exact) mass is 374 g/mol. The lowest BCUT2D eigenvalue weighted by molar-refractivity contribution is 0.0888. The molecule has 3 aromatic rings. The fraction of sp³-hybridized carbons (Fsp3) is 0.333. The van der Waals surface area contributed by atoms with Crippen LogP contribution in [0.5, 0.6) is 0 Å². The van der Waals surface area contributed by atoms with Gasteiger partial charge in [0.15, 0.2) is 0 Å². The molecule has 0 saturated heterocycles. The van der Waals surface area contributed by atoms with Gasteiger partial charge in [-0.1, -0.05) is 86.3 Å². The van der Waals surface area contributed by atoms with Crippen molar-refractivity contribution in [3.63, 3.8) is 0 Å². The van der Waals surface area contributed by atoms with Crippen LogP contribution in [0.15, 0.2) is 77.9 Å². The molecule has 1 heterocycles. The summed E-state index contributed by atoms with van der Waals surface area (Å²) in [6.07, 6.45) is 9.66. The normalized spacial score (nSPS) is 14.6. The van der Waals surface area contributed by atoms with Crippen molar-refractivity contribution in [2.75, 3.05) is 0 Å². The third-order valence-electron chi connectivity index (χ3n) is 5.82. The zero-order valence-electron chi connectivity index (χ0n) is 16.0. The van der Waals surface area contributed by atoms with E-state index in [1.165, 1.54) is 30.3 Å². The second-order valence-electron chi connectivity index (χ2n) is 7.66. The lowest BCUT2D eigenvalue weighted by Crippen LogP contribution is -2.31. The number of carbonyl (C=O) groups is 1. The molecular weight excluding hydrogens is 348 g/mol. The second-order valence-corrected chi connectivity index (χ2v) is 7.66. The Kier molecular flexibility index (Phi) is 5.56. The zero-order valence-corrected chi connectivity index (χ0v) is 16.0. The van der Waals surface area contributed by atoms with Crippen molar-refractivity contribution >= 4 is 5.91 Å². The fourth-order valence-corrected chi connectivity index (χ4v) is 4.31. The van der Waals surface area contributed by atoms with E-state index in [0.717, 1.165) is 17.5 Å². The van der Waals surface area contributed by atoms with Crippen molar-refractivity contribution in [3.8, 4) is 0 Å². The third-order valence-corrected chi connectivity index (χ3v) is 5.82. The number of imidazole rings is 1. The van der Waals surface area contributed by atoms with Gasteiger partial charge in [0, 0.05) is 18.8 Å². The number of benzene rings is 2. The molecule has 4 nitrogen and oxygen atoms in total. The van der Waals surface area contributed by atoms with Gasteiger partial charge in [0.05, 0.1) is 6.04 Å². The van der Waals surface area contributed by atoms with E-state index in [0.29, 0.717) is 12.3 Å². The molecular formula is C24H26N2O2. The summed E-state index contributed by atoms with van der Waals surface area (Å²) in [4.78, 5) is 25.8. The first-order valence-corrected chi connectivity index (χ1v) is 10.2. The Bertz CT molecular complexity index is 927. The topological polar surface area (TPSA) is 44.0 Å². The molecule has 0 spiro atoms. The van der Waals surface area contributed by atoms with Gasteiger partial charge in [-0.2, -0.15) is 0 Å². The number of carbonyl (C=O) groups excluding carboxylic acids is 1. The SMILES string of the molecule is O=C(CCC1CCCC1)n1ccn(C(c2ccccc2)c2ccccc2)c1=O. The molecule has 1 aliphatic rings. The lowest BCUT2D eigenvalue weighted by atomic mass is 9.99. The van der Waals surface area contributed by atoms with Crippen LogP contribution in [-0.2, 0) is 0 Å². The highest BCUT2D eigenvalue weighted by Crippen LogP contribution is 2.29. The highest BCUT2D eigenvalue weighted by atomic mass is 16.2. The first kappa shape index (κ1) is 18.5. The number of aromatic nitrogens is 2. The van der Waals surface area contributed by atoms with Gasteiger partial charge in [0.25, 0.3) is 0 Å². The van der Waals surface area contributed by atoms with Gasteiger partial charge in [0.2, 0.25) is 5.91 Å². The van der Waals surface area contributed by atoms with Gasteiger partial charge < -0.3 is 0 Å². The summed E-state index contributed by atoms with van der Waals surface area (Å²) in [7, 11) is 0. The highest BCUT2D eigenvalue weighted by molar-refractivity contribution is 5.78. The molecule has 0 unspecified atom stereocenters. The van der Waals surface area contributed by atoms with Crippen LogP contribution in [-0.4, -0.2) is 15.0 Å². The summed E-state index contributed by atoms with van der Waals surface area (Å²) in [6.45, 7) is 0. The van der Waals surface area contributed by atoms with Gasteiger partial charge in [0.1, 0.15) is 0 Å². The van der Waals surface area contributed by atoms with E-state index in [2.05, 4.69) is 0 Å². The molecule has 1 fully saturated rings. The minimum atomic E-state index is -0.269. The van der Waals surface area contributed by atoms with E-state index in [1.807, 2.05) is 60.7 Å². The Morgan fingerprint density at radius 2 is 1.46 bits per heavy atom. The fourth-order valence-electron chi connectivity index (χ4n) is 4.31. The number of rotatable bonds is 6. The van der Waals surface area contributed by atoms with E-state index in [4.69, 9.17) is 0 Å². The standard InChI is InChI=1S/C24H26N2O2/c27-22(16-15-19-9-7-8-10-19)25-17-18-26(24(25)28)23(20-11-3-1-4-12-20)21-13-5-2-6-14-21/h1-6,11-14,17-19,23H,7-10,15-16H2. The molecule has 0 atom stereocenters. The molecule has 2 aromatic carbocycles. The average molecular weight is 374 g/mol. The molecule has 1 aliphatic carbocycles. The van der Waals surface area contributed by atoms with Crippen molar-refractivity contribution < 1.29 is 4.79 Å². The molecule has 28 heavy (non-hydrogen) atoms. The van der Waals surface area contributed by atoms with Crippen LogP contribution in [0.1, 0.15) is 60.5 Å². The van der Waals surface area contributed by atoms with Gasteiger partial charge in [-0.25, -0.2) is 9.36 Å². The van der Waals surface area contributed by atoms with Crippen molar-refractivity contribution in [3.05, 3.63) is 94.7 Å². The molecule has 0 amide bonds. The van der Waals surface area contributed by atoms with Crippen LogP contribution >= 0.6 is 0 Å². The maximum absolute atomic E-state index is 13.1. The minimum Gasteiger partial charge on any atom is -0.287 e. The zero-order chi connectivity index (χ0) is 19.3. The molecule has 4 heteroatoms. The summed E-state index contributed by atoms with van der Waals surface area (Å²) < 4.78 is 2.95. The van der Waals surface area contributed by atoms with Crippen LogP contribution in [0.3, 0.4) is 0 Å². The Labute approximate surface area is 165 Å². The minimum absolute atomic E-state index is 0.101. The predicted molar refractivity (Wildman–Crippen MR) is 111 cm³/mol. The van der Waals surface area contributed by atoms with Crippen LogP contribution in [0.25, 0.3) is 0 Å². The van der Waals surface area contributed by atoms with Gasteiger partial charge in [-0.15, -0.1) is 0 Å². The van der Waals surface area contributed by atoms with E-state index in [9.17, 15) is 9.59 Å². The maximum atomic E-state index is 13.1. The molecule has 1 aromatic heterocycles. The summed E-state index contributed by atoms with van der Waals surface area (Å²) in [5.74, 6) is 0.540. The summed E-state index contributed by atoms with van der Waals surface area (Å²) in [6, 6.07) is 19.6. The van der Waals surface area contributed by atoms with Crippen molar-refractivity contribution in [1.29, 1.82) is 0 Å². The maximum Gasteiger partial charge on any atom is 0.335 e. The van der Waals surface area contributed by atoms with Crippen LogP contribution in [0.2, 0.25) is 0 Å². The summed E-state index contributed by atoms with van der Waals surface area (Å²) in [5, 5.41) is 0. The smallest absolute Gasteiger partial charge is 0.287 e. The molecule has 0 bridgehead atoms. The Morgan fingerprint density at radius 1 is 0.893 bits per heavy atom. The van der Waals surface area contributed by atoms with Crippen molar-refractivity contribution in [1.82, 2.24) is 9.13 Å². The second kappa shape index (κ2) is 8.42. The molecule has 144 valence electrons. The first-order chi connectivity index (χ1) is 13.7. The Morgan fingerprint density at radius 3 is 2.04 bits per heavy atom. The van der Waals surface area contributed by atoms with Gasteiger partial charge in [-0.05, 0) is 23.5 Å². The van der Waals surface area contributed by atoms with E-state index in [1.54, 1.807) is 17.0 Å².